The average molecular weight is 463 g/mol. The summed E-state index contributed by atoms with van der Waals surface area (Å²) < 4.78 is 13.0. The second kappa shape index (κ2) is 9.33. The van der Waals surface area contributed by atoms with Crippen LogP contribution in [-0.2, 0) is 9.47 Å². The molecule has 0 bridgehead atoms. The van der Waals surface area contributed by atoms with Crippen molar-refractivity contribution < 1.29 is 14.3 Å². The van der Waals surface area contributed by atoms with Gasteiger partial charge in [0.1, 0.15) is 0 Å². The topological polar surface area (TPSA) is 68.6 Å². The van der Waals surface area contributed by atoms with Crippen molar-refractivity contribution in [3.05, 3.63) is 83.9 Å². The molecule has 1 N–H and O–H groups in total. The van der Waals surface area contributed by atoms with Gasteiger partial charge in [-0.3, -0.25) is 4.98 Å². The van der Waals surface area contributed by atoms with Crippen molar-refractivity contribution in [1.29, 1.82) is 0 Å². The highest BCUT2D eigenvalue weighted by molar-refractivity contribution is 7.80. The minimum absolute atomic E-state index is 0.0895. The highest BCUT2D eigenvalue weighted by atomic mass is 32.1. The van der Waals surface area contributed by atoms with Gasteiger partial charge in [0, 0.05) is 36.9 Å². The van der Waals surface area contributed by atoms with Crippen LogP contribution in [0.3, 0.4) is 0 Å². The number of methoxy groups -OCH3 is 1. The molecule has 170 valence electrons. The monoisotopic (exact) mass is 462 g/mol. The van der Waals surface area contributed by atoms with Crippen molar-refractivity contribution >= 4 is 23.3 Å². The summed E-state index contributed by atoms with van der Waals surface area (Å²) in [6.07, 6.45) is 6.07. The number of carbonyl (C=O) groups excluding carboxylic acids is 1. The van der Waals surface area contributed by atoms with Crippen LogP contribution in [0.5, 0.6) is 0 Å². The summed E-state index contributed by atoms with van der Waals surface area (Å²) in [6.45, 7) is 1.51. The summed E-state index contributed by atoms with van der Waals surface area (Å²) in [5, 5.41) is 4.20. The van der Waals surface area contributed by atoms with Crippen molar-refractivity contribution in [3.8, 4) is 5.69 Å². The zero-order valence-corrected chi connectivity index (χ0v) is 19.2. The van der Waals surface area contributed by atoms with Crippen molar-refractivity contribution in [2.45, 2.75) is 31.0 Å². The number of hydrogen-bond acceptors (Lipinski definition) is 5. The van der Waals surface area contributed by atoms with Gasteiger partial charge in [-0.1, -0.05) is 12.1 Å². The third-order valence-corrected chi connectivity index (χ3v) is 6.60. The van der Waals surface area contributed by atoms with E-state index in [1.54, 1.807) is 12.3 Å². The second-order valence-corrected chi connectivity index (χ2v) is 8.65. The van der Waals surface area contributed by atoms with E-state index in [-0.39, 0.29) is 24.2 Å². The number of pyridine rings is 1. The smallest absolute Gasteiger partial charge is 0.337 e. The molecule has 4 heterocycles. The number of hydrogen-bond donors (Lipinski definition) is 1. The molecule has 0 spiro atoms. The lowest BCUT2D eigenvalue weighted by Crippen LogP contribution is -2.36. The summed E-state index contributed by atoms with van der Waals surface area (Å²) in [6, 6.07) is 17.3. The molecule has 2 aliphatic rings. The minimum atomic E-state index is -0.361. The summed E-state index contributed by atoms with van der Waals surface area (Å²) in [7, 11) is 1.39. The molecular weight excluding hydrogens is 436 g/mol. The predicted molar refractivity (Wildman–Crippen MR) is 128 cm³/mol. The van der Waals surface area contributed by atoms with E-state index in [0.717, 1.165) is 36.5 Å². The standard InChI is InChI=1S/C25H26N4O3S/c1-31-24(30)17-7-4-8-18(15-17)28-13-5-11-21(28)23-22(20-10-2-3-12-26-20)27-25(33)29(23)16-19-9-6-14-32-19/h2-5,7-8,10-13,15,19,22-23H,6,9,14,16H2,1H3,(H,27,33)/t19-,22-,23-/m1/s1. The Bertz CT molecular complexity index is 1140. The normalized spacial score (nSPS) is 22.4. The molecule has 7 nitrogen and oxygen atoms in total. The van der Waals surface area contributed by atoms with E-state index in [2.05, 4.69) is 25.8 Å². The van der Waals surface area contributed by atoms with Crippen LogP contribution >= 0.6 is 12.2 Å². The largest absolute Gasteiger partial charge is 0.465 e. The number of aromatic nitrogens is 2. The van der Waals surface area contributed by atoms with Crippen molar-refractivity contribution in [1.82, 2.24) is 19.8 Å². The van der Waals surface area contributed by atoms with E-state index in [0.29, 0.717) is 17.2 Å². The van der Waals surface area contributed by atoms with Gasteiger partial charge in [-0.05, 0) is 67.5 Å². The third-order valence-electron chi connectivity index (χ3n) is 6.25. The number of rotatable bonds is 6. The van der Waals surface area contributed by atoms with E-state index in [4.69, 9.17) is 21.7 Å². The van der Waals surface area contributed by atoms with Gasteiger partial charge in [0.25, 0.3) is 0 Å². The fraction of sp³-hybridized carbons (Fsp3) is 0.320. The molecule has 5 rings (SSSR count). The molecular formula is C25H26N4O3S. The van der Waals surface area contributed by atoms with Gasteiger partial charge in [0.15, 0.2) is 5.11 Å². The van der Waals surface area contributed by atoms with E-state index < -0.39 is 0 Å². The van der Waals surface area contributed by atoms with Crippen LogP contribution in [0, 0.1) is 0 Å². The van der Waals surface area contributed by atoms with Crippen molar-refractivity contribution in [2.75, 3.05) is 20.3 Å². The van der Waals surface area contributed by atoms with E-state index in [1.807, 2.05) is 48.7 Å². The zero-order valence-electron chi connectivity index (χ0n) is 18.4. The lowest BCUT2D eigenvalue weighted by Gasteiger charge is -2.30. The Morgan fingerprint density at radius 3 is 2.91 bits per heavy atom. The van der Waals surface area contributed by atoms with E-state index in [1.165, 1.54) is 7.11 Å². The number of carbonyl (C=O) groups is 1. The highest BCUT2D eigenvalue weighted by Gasteiger charge is 2.42. The third kappa shape index (κ3) is 4.24. The SMILES string of the molecule is COC(=O)c1cccc(-n2cccc2[C@@H]2[C@@H](c3ccccn3)NC(=S)N2C[C@H]2CCCO2)c1. The van der Waals surface area contributed by atoms with Crippen LogP contribution in [-0.4, -0.2) is 51.9 Å². The molecule has 0 unspecified atom stereocenters. The Kier molecular flexibility index (Phi) is 6.11. The molecule has 2 aliphatic heterocycles. The number of nitrogens with one attached hydrogen (secondary N) is 1. The molecule has 8 heteroatoms. The fourth-order valence-corrected chi connectivity index (χ4v) is 5.02. The molecule has 0 amide bonds. The number of ether oxygens (including phenoxy) is 2. The first-order valence-electron chi connectivity index (χ1n) is 11.1. The van der Waals surface area contributed by atoms with Gasteiger partial charge in [-0.2, -0.15) is 0 Å². The summed E-state index contributed by atoms with van der Waals surface area (Å²) in [5.74, 6) is -0.361. The van der Waals surface area contributed by atoms with Gasteiger partial charge < -0.3 is 24.3 Å². The van der Waals surface area contributed by atoms with Crippen molar-refractivity contribution in [2.24, 2.45) is 0 Å². The predicted octanol–water partition coefficient (Wildman–Crippen LogP) is 3.81. The van der Waals surface area contributed by atoms with Crippen LogP contribution < -0.4 is 5.32 Å². The lowest BCUT2D eigenvalue weighted by atomic mass is 10.0. The molecule has 3 aromatic rings. The molecule has 2 saturated heterocycles. The summed E-state index contributed by atoms with van der Waals surface area (Å²) >= 11 is 5.79. The van der Waals surface area contributed by atoms with Gasteiger partial charge in [0.05, 0.1) is 36.6 Å². The van der Waals surface area contributed by atoms with E-state index in [9.17, 15) is 4.79 Å². The molecule has 0 radical (unpaired) electrons. The Hall–Kier alpha value is -3.23. The van der Waals surface area contributed by atoms with Crippen molar-refractivity contribution in [3.63, 3.8) is 0 Å². The zero-order chi connectivity index (χ0) is 22.8. The summed E-state index contributed by atoms with van der Waals surface area (Å²) in [5.41, 5.74) is 3.37. The Morgan fingerprint density at radius 2 is 2.15 bits per heavy atom. The van der Waals surface area contributed by atoms with Crippen LogP contribution in [0.25, 0.3) is 5.69 Å². The van der Waals surface area contributed by atoms with Gasteiger partial charge in [-0.15, -0.1) is 0 Å². The summed E-state index contributed by atoms with van der Waals surface area (Å²) in [4.78, 5) is 19.0. The van der Waals surface area contributed by atoms with E-state index >= 15 is 0 Å². The van der Waals surface area contributed by atoms with Gasteiger partial charge in [0.2, 0.25) is 0 Å². The maximum Gasteiger partial charge on any atom is 0.337 e. The maximum absolute atomic E-state index is 12.1. The quantitative estimate of drug-likeness (QED) is 0.441. The first kappa shape index (κ1) is 21.6. The molecule has 0 saturated carbocycles. The first-order chi connectivity index (χ1) is 16.2. The second-order valence-electron chi connectivity index (χ2n) is 8.26. The van der Waals surface area contributed by atoms with Crippen LogP contribution in [0.15, 0.2) is 67.0 Å². The molecule has 0 aliphatic carbocycles. The number of esters is 1. The average Bonchev–Trinajstić information content (AvgIpc) is 3.61. The van der Waals surface area contributed by atoms with Gasteiger partial charge in [-0.25, -0.2) is 4.79 Å². The highest BCUT2D eigenvalue weighted by Crippen LogP contribution is 2.40. The molecule has 1 aromatic carbocycles. The van der Waals surface area contributed by atoms with Crippen LogP contribution in [0.2, 0.25) is 0 Å². The lowest BCUT2D eigenvalue weighted by molar-refractivity contribution is 0.0600. The van der Waals surface area contributed by atoms with Crippen LogP contribution in [0.4, 0.5) is 0 Å². The Morgan fingerprint density at radius 1 is 1.24 bits per heavy atom. The number of benzene rings is 1. The molecule has 2 fully saturated rings. The van der Waals surface area contributed by atoms with Crippen LogP contribution in [0.1, 0.15) is 46.7 Å². The maximum atomic E-state index is 12.1. The number of thiocarbonyl (C=S) groups is 1. The molecule has 3 atom stereocenters. The minimum Gasteiger partial charge on any atom is -0.465 e. The number of nitrogens with zero attached hydrogens (tertiary/aromatic N) is 3. The Balaban J connectivity index is 1.56. The Labute approximate surface area is 198 Å². The molecule has 33 heavy (non-hydrogen) atoms. The first-order valence-corrected chi connectivity index (χ1v) is 11.5. The fourth-order valence-electron chi connectivity index (χ4n) is 4.70. The van der Waals surface area contributed by atoms with Gasteiger partial charge >= 0.3 is 5.97 Å². The molecule has 2 aromatic heterocycles.